The van der Waals surface area contributed by atoms with E-state index in [-0.39, 0.29) is 0 Å². The summed E-state index contributed by atoms with van der Waals surface area (Å²) in [6.45, 7) is 4.95. The Morgan fingerprint density at radius 1 is 1.33 bits per heavy atom. The number of hydrogen-bond donors (Lipinski definition) is 2. The Hall–Kier alpha value is -0.120. The molecule has 0 radical (unpaired) electrons. The molecule has 2 fully saturated rings. The normalized spacial score (nSPS) is 32.2. The second kappa shape index (κ2) is 6.88. The minimum Gasteiger partial charge on any atom is -0.396 e. The largest absolute Gasteiger partial charge is 0.396 e. The molecule has 0 aromatic carbocycles. The molecule has 0 aromatic heterocycles. The van der Waals surface area contributed by atoms with Gasteiger partial charge in [0, 0.05) is 31.8 Å². The van der Waals surface area contributed by atoms with E-state index in [2.05, 4.69) is 11.8 Å². The SMILES string of the molecule is CCC(C1CCC1)N1CC(N)CC(CCCO)C1. The summed E-state index contributed by atoms with van der Waals surface area (Å²) < 4.78 is 0. The fraction of sp³-hybridized carbons (Fsp3) is 1.00. The molecule has 3 N–H and O–H groups in total. The number of piperidine rings is 1. The fourth-order valence-electron chi connectivity index (χ4n) is 3.86. The second-order valence-corrected chi connectivity index (χ2v) is 6.35. The number of hydrogen-bond acceptors (Lipinski definition) is 3. The van der Waals surface area contributed by atoms with Crippen LogP contribution in [-0.4, -0.2) is 41.8 Å². The standard InChI is InChI=1S/C15H30N2O/c1-2-15(13-6-3-7-13)17-10-12(5-4-8-18)9-14(16)11-17/h12-15,18H,2-11,16H2,1H3. The van der Waals surface area contributed by atoms with Crippen molar-refractivity contribution < 1.29 is 5.11 Å². The third kappa shape index (κ3) is 3.46. The third-order valence-electron chi connectivity index (χ3n) is 4.95. The van der Waals surface area contributed by atoms with E-state index in [9.17, 15) is 0 Å². The molecule has 3 atom stereocenters. The van der Waals surface area contributed by atoms with Crippen LogP contribution in [0.25, 0.3) is 0 Å². The monoisotopic (exact) mass is 254 g/mol. The summed E-state index contributed by atoms with van der Waals surface area (Å²) in [6.07, 6.45) is 8.76. The van der Waals surface area contributed by atoms with Crippen molar-refractivity contribution in [3.8, 4) is 0 Å². The van der Waals surface area contributed by atoms with Gasteiger partial charge in [0.1, 0.15) is 0 Å². The van der Waals surface area contributed by atoms with E-state index in [0.717, 1.165) is 37.8 Å². The molecule has 1 aliphatic heterocycles. The van der Waals surface area contributed by atoms with Crippen LogP contribution in [0.5, 0.6) is 0 Å². The van der Waals surface area contributed by atoms with Gasteiger partial charge in [-0.05, 0) is 50.4 Å². The Labute approximate surface area is 112 Å². The smallest absolute Gasteiger partial charge is 0.0431 e. The van der Waals surface area contributed by atoms with E-state index in [1.807, 2.05) is 0 Å². The molecule has 3 nitrogen and oxygen atoms in total. The number of nitrogens with zero attached hydrogens (tertiary/aromatic N) is 1. The molecular formula is C15H30N2O. The number of nitrogens with two attached hydrogens (primary N) is 1. The van der Waals surface area contributed by atoms with Crippen molar-refractivity contribution in [1.82, 2.24) is 4.90 Å². The summed E-state index contributed by atoms with van der Waals surface area (Å²) in [6, 6.07) is 1.11. The zero-order valence-corrected chi connectivity index (χ0v) is 11.9. The van der Waals surface area contributed by atoms with Gasteiger partial charge in [0.05, 0.1) is 0 Å². The van der Waals surface area contributed by atoms with Crippen molar-refractivity contribution in [2.75, 3.05) is 19.7 Å². The predicted octanol–water partition coefficient (Wildman–Crippen LogP) is 1.99. The minimum absolute atomic E-state index is 0.325. The van der Waals surface area contributed by atoms with Gasteiger partial charge in [-0.3, -0.25) is 4.90 Å². The molecule has 0 spiro atoms. The first-order valence-electron chi connectivity index (χ1n) is 7.85. The van der Waals surface area contributed by atoms with Crippen molar-refractivity contribution in [3.63, 3.8) is 0 Å². The summed E-state index contributed by atoms with van der Waals surface area (Å²) in [5.41, 5.74) is 6.24. The van der Waals surface area contributed by atoms with Crippen LogP contribution in [0.15, 0.2) is 0 Å². The average molecular weight is 254 g/mol. The first-order chi connectivity index (χ1) is 8.74. The van der Waals surface area contributed by atoms with Gasteiger partial charge in [0.15, 0.2) is 0 Å². The van der Waals surface area contributed by atoms with E-state index >= 15 is 0 Å². The maximum absolute atomic E-state index is 8.97. The van der Waals surface area contributed by atoms with E-state index in [1.165, 1.54) is 32.2 Å². The summed E-state index contributed by atoms with van der Waals surface area (Å²) in [5.74, 6) is 1.63. The highest BCUT2D eigenvalue weighted by Crippen LogP contribution is 2.35. The Balaban J connectivity index is 1.89. The van der Waals surface area contributed by atoms with Gasteiger partial charge in [0.25, 0.3) is 0 Å². The van der Waals surface area contributed by atoms with Gasteiger partial charge < -0.3 is 10.8 Å². The molecule has 2 rings (SSSR count). The van der Waals surface area contributed by atoms with E-state index < -0.39 is 0 Å². The molecule has 0 aromatic rings. The summed E-state index contributed by atoms with van der Waals surface area (Å²) in [4.78, 5) is 2.67. The van der Waals surface area contributed by atoms with Gasteiger partial charge in [-0.15, -0.1) is 0 Å². The molecule has 1 saturated heterocycles. The van der Waals surface area contributed by atoms with E-state index in [1.54, 1.807) is 0 Å². The van der Waals surface area contributed by atoms with Gasteiger partial charge >= 0.3 is 0 Å². The number of likely N-dealkylation sites (tertiary alicyclic amines) is 1. The Morgan fingerprint density at radius 3 is 2.67 bits per heavy atom. The molecule has 18 heavy (non-hydrogen) atoms. The van der Waals surface area contributed by atoms with Crippen LogP contribution >= 0.6 is 0 Å². The lowest BCUT2D eigenvalue weighted by atomic mass is 9.77. The van der Waals surface area contributed by atoms with Crippen LogP contribution in [0.2, 0.25) is 0 Å². The lowest BCUT2D eigenvalue weighted by Crippen LogP contribution is -2.53. The van der Waals surface area contributed by atoms with Crippen molar-refractivity contribution in [3.05, 3.63) is 0 Å². The molecule has 0 bridgehead atoms. The van der Waals surface area contributed by atoms with Crippen LogP contribution in [0.3, 0.4) is 0 Å². The quantitative estimate of drug-likeness (QED) is 0.762. The Kier molecular flexibility index (Phi) is 5.46. The van der Waals surface area contributed by atoms with E-state index in [4.69, 9.17) is 10.8 Å². The predicted molar refractivity (Wildman–Crippen MR) is 75.4 cm³/mol. The van der Waals surface area contributed by atoms with Crippen LogP contribution in [0.4, 0.5) is 0 Å². The van der Waals surface area contributed by atoms with Crippen molar-refractivity contribution in [2.45, 2.75) is 64.0 Å². The van der Waals surface area contributed by atoms with E-state index in [0.29, 0.717) is 18.6 Å². The molecule has 1 saturated carbocycles. The van der Waals surface area contributed by atoms with Gasteiger partial charge in [-0.25, -0.2) is 0 Å². The van der Waals surface area contributed by atoms with Gasteiger partial charge in [0.2, 0.25) is 0 Å². The molecule has 1 aliphatic carbocycles. The second-order valence-electron chi connectivity index (χ2n) is 6.35. The third-order valence-corrected chi connectivity index (χ3v) is 4.95. The Morgan fingerprint density at radius 2 is 2.11 bits per heavy atom. The molecule has 1 heterocycles. The zero-order valence-electron chi connectivity index (χ0n) is 11.9. The fourth-order valence-corrected chi connectivity index (χ4v) is 3.86. The zero-order chi connectivity index (χ0) is 13.0. The highest BCUT2D eigenvalue weighted by Gasteiger charge is 2.34. The first-order valence-corrected chi connectivity index (χ1v) is 7.85. The number of aliphatic hydroxyl groups excluding tert-OH is 1. The first kappa shape index (κ1) is 14.3. The van der Waals surface area contributed by atoms with Gasteiger partial charge in [-0.2, -0.15) is 0 Å². The summed E-state index contributed by atoms with van der Waals surface area (Å²) in [5, 5.41) is 8.97. The highest BCUT2D eigenvalue weighted by atomic mass is 16.2. The molecule has 106 valence electrons. The summed E-state index contributed by atoms with van der Waals surface area (Å²) in [7, 11) is 0. The minimum atomic E-state index is 0.325. The van der Waals surface area contributed by atoms with Crippen molar-refractivity contribution >= 4 is 0 Å². The molecule has 0 amide bonds. The molecule has 2 aliphatic rings. The topological polar surface area (TPSA) is 49.5 Å². The summed E-state index contributed by atoms with van der Waals surface area (Å²) >= 11 is 0. The number of rotatable bonds is 6. The maximum Gasteiger partial charge on any atom is 0.0431 e. The molecule has 3 unspecified atom stereocenters. The average Bonchev–Trinajstić information content (AvgIpc) is 2.30. The van der Waals surface area contributed by atoms with Crippen LogP contribution in [0, 0.1) is 11.8 Å². The van der Waals surface area contributed by atoms with Crippen LogP contribution in [-0.2, 0) is 0 Å². The molecular weight excluding hydrogens is 224 g/mol. The Bertz CT molecular complexity index is 243. The van der Waals surface area contributed by atoms with Gasteiger partial charge in [-0.1, -0.05) is 13.3 Å². The van der Waals surface area contributed by atoms with Crippen LogP contribution < -0.4 is 5.73 Å². The highest BCUT2D eigenvalue weighted by molar-refractivity contribution is 4.90. The molecule has 3 heteroatoms. The number of aliphatic hydroxyl groups is 1. The van der Waals surface area contributed by atoms with Crippen LogP contribution in [0.1, 0.15) is 51.9 Å². The lowest BCUT2D eigenvalue weighted by molar-refractivity contribution is 0.0432. The van der Waals surface area contributed by atoms with Crippen molar-refractivity contribution in [2.24, 2.45) is 17.6 Å². The van der Waals surface area contributed by atoms with Crippen molar-refractivity contribution in [1.29, 1.82) is 0 Å². The lowest BCUT2D eigenvalue weighted by Gasteiger charge is -2.46. The maximum atomic E-state index is 8.97.